The Morgan fingerprint density at radius 1 is 0.881 bits per heavy atom. The molecule has 14 heteroatoms. The number of nitrogens with one attached hydrogen (secondary N) is 5. The van der Waals surface area contributed by atoms with Crippen LogP contribution in [-0.4, -0.2) is 92.7 Å². The first-order valence-electron chi connectivity index (χ1n) is 20.9. The van der Waals surface area contributed by atoms with Crippen LogP contribution >= 0.6 is 0 Å². The fourth-order valence-corrected chi connectivity index (χ4v) is 8.87. The number of aryl methyl sites for hydroxylation is 1. The molecule has 2 bridgehead atoms. The molecule has 14 nitrogen and oxygen atoms in total. The molecular formula is C45H57N9O5. The van der Waals surface area contributed by atoms with E-state index < -0.39 is 17.7 Å². The Morgan fingerprint density at radius 3 is 2.19 bits per heavy atom. The Labute approximate surface area is 346 Å². The van der Waals surface area contributed by atoms with Crippen molar-refractivity contribution in [2.75, 3.05) is 18.9 Å². The minimum atomic E-state index is -0.837. The van der Waals surface area contributed by atoms with Crippen molar-refractivity contribution in [1.29, 1.82) is 0 Å². The maximum Gasteiger partial charge on any atom is 0.407 e. The van der Waals surface area contributed by atoms with Crippen LogP contribution in [0, 0.1) is 18.8 Å². The van der Waals surface area contributed by atoms with Crippen LogP contribution < -0.4 is 21.3 Å². The van der Waals surface area contributed by atoms with Gasteiger partial charge in [0.1, 0.15) is 11.6 Å². The third kappa shape index (κ3) is 10.7. The largest absolute Gasteiger partial charge is 0.444 e. The predicted octanol–water partition coefficient (Wildman–Crippen LogP) is 6.19. The molecule has 3 aliphatic rings. The molecule has 1 aliphatic carbocycles. The average molecular weight is 804 g/mol. The molecule has 0 radical (unpaired) electrons. The van der Waals surface area contributed by atoms with Crippen LogP contribution in [0.3, 0.4) is 0 Å². The Bertz CT molecular complexity index is 2080. The van der Waals surface area contributed by atoms with Crippen LogP contribution in [0.25, 0.3) is 22.5 Å². The summed E-state index contributed by atoms with van der Waals surface area (Å²) < 4.78 is 5.37. The van der Waals surface area contributed by atoms with Crippen molar-refractivity contribution in [2.45, 2.75) is 115 Å². The average Bonchev–Trinajstić information content (AvgIpc) is 3.81. The summed E-state index contributed by atoms with van der Waals surface area (Å²) >= 11 is 0. The van der Waals surface area contributed by atoms with Gasteiger partial charge in [0.15, 0.2) is 0 Å². The lowest BCUT2D eigenvalue weighted by Crippen LogP contribution is -2.48. The van der Waals surface area contributed by atoms with E-state index in [1.165, 1.54) is 12.8 Å². The van der Waals surface area contributed by atoms with Crippen molar-refractivity contribution in [1.82, 2.24) is 41.5 Å². The summed E-state index contributed by atoms with van der Waals surface area (Å²) in [5, 5.41) is 26.3. The van der Waals surface area contributed by atoms with E-state index in [9.17, 15) is 19.2 Å². The lowest BCUT2D eigenvalue weighted by molar-refractivity contribution is -0.130. The van der Waals surface area contributed by atoms with Gasteiger partial charge in [-0.1, -0.05) is 30.3 Å². The fourth-order valence-electron chi connectivity index (χ4n) is 8.87. The van der Waals surface area contributed by atoms with Crippen molar-refractivity contribution in [3.8, 4) is 22.5 Å². The molecule has 1 saturated carbocycles. The van der Waals surface area contributed by atoms with Gasteiger partial charge in [-0.3, -0.25) is 14.4 Å². The summed E-state index contributed by atoms with van der Waals surface area (Å²) in [7, 11) is 2.20. The third-order valence-electron chi connectivity index (χ3n) is 12.2. The Morgan fingerprint density at radius 2 is 1.56 bits per heavy atom. The molecule has 4 aromatic rings. The molecule has 3 unspecified atom stereocenters. The number of benzene rings is 3. The van der Waals surface area contributed by atoms with Gasteiger partial charge in [0.05, 0.1) is 0 Å². The SMILES string of the molecule is Cc1cc(C(=O)NC2CC3CCC(C2)N3C)ccc1-c1ccc(CC(NC(=O)C2CCC(CNC(=O)OC(C)(C)C)CC2)C(=O)Nc2ccc(-c3nn[nH]n3)cc2)cc1. The van der Waals surface area contributed by atoms with Crippen LogP contribution in [0.4, 0.5) is 10.5 Å². The smallest absolute Gasteiger partial charge is 0.407 e. The molecular weight excluding hydrogens is 747 g/mol. The molecule has 3 heterocycles. The third-order valence-corrected chi connectivity index (χ3v) is 12.2. The first-order chi connectivity index (χ1) is 28.3. The lowest BCUT2D eigenvalue weighted by Gasteiger charge is -2.36. The molecule has 312 valence electrons. The number of carbonyl (C=O) groups excluding carboxylic acids is 4. The van der Waals surface area contributed by atoms with Crippen molar-refractivity contribution < 1.29 is 23.9 Å². The summed E-state index contributed by atoms with van der Waals surface area (Å²) in [6, 6.07) is 21.5. The number of aromatic nitrogens is 4. The zero-order valence-corrected chi connectivity index (χ0v) is 34.7. The van der Waals surface area contributed by atoms with E-state index in [0.29, 0.717) is 48.5 Å². The maximum absolute atomic E-state index is 13.9. The number of H-pyrrole nitrogens is 1. The minimum absolute atomic E-state index is 0.0264. The minimum Gasteiger partial charge on any atom is -0.444 e. The highest BCUT2D eigenvalue weighted by atomic mass is 16.6. The maximum atomic E-state index is 13.9. The van der Waals surface area contributed by atoms with E-state index in [4.69, 9.17) is 4.74 Å². The number of tetrazole rings is 1. The van der Waals surface area contributed by atoms with Gasteiger partial charge < -0.3 is 30.9 Å². The summed E-state index contributed by atoms with van der Waals surface area (Å²) in [5.41, 5.74) is 5.31. The Kier molecular flexibility index (Phi) is 12.7. The zero-order valence-electron chi connectivity index (χ0n) is 34.7. The standard InChI is InChI=1S/C45H57N9O5/c1-27-22-33(42(56)48-35-24-36-19-20-37(25-35)54(36)5)16-21-38(27)30-10-6-28(7-11-30)23-39(43(57)47-34-17-14-31(15-18-34)40-50-52-53-51-40)49-41(55)32-12-8-29(9-13-32)26-46-44(58)59-45(2,3)4/h6-7,10-11,14-18,21-22,29,32,35-37,39H,8-9,12-13,19-20,23-26H2,1-5H3,(H,46,58)(H,47,57)(H,48,56)(H,49,55)(H,50,51,52,53). The molecule has 3 fully saturated rings. The van der Waals surface area contributed by atoms with E-state index in [1.54, 1.807) is 24.3 Å². The predicted molar refractivity (Wildman–Crippen MR) is 225 cm³/mol. The molecule has 59 heavy (non-hydrogen) atoms. The molecule has 7 rings (SSSR count). The number of ether oxygens (including phenoxy) is 1. The highest BCUT2D eigenvalue weighted by molar-refractivity contribution is 5.98. The normalized spacial score (nSPS) is 22.2. The van der Waals surface area contributed by atoms with Crippen molar-refractivity contribution >= 4 is 29.5 Å². The first-order valence-corrected chi connectivity index (χ1v) is 20.9. The summed E-state index contributed by atoms with van der Waals surface area (Å²) in [4.78, 5) is 55.5. The van der Waals surface area contributed by atoms with Crippen molar-refractivity contribution in [2.24, 2.45) is 11.8 Å². The van der Waals surface area contributed by atoms with Crippen molar-refractivity contribution in [3.05, 3.63) is 83.4 Å². The number of piperidine rings is 1. The summed E-state index contributed by atoms with van der Waals surface area (Å²) in [6.45, 7) is 8.00. The van der Waals surface area contributed by atoms with E-state index in [-0.39, 0.29) is 42.0 Å². The summed E-state index contributed by atoms with van der Waals surface area (Å²) in [5.74, 6) is -0.0689. The zero-order chi connectivity index (χ0) is 41.7. The number of alkyl carbamates (subject to hydrolysis) is 1. The number of fused-ring (bicyclic) bond motifs is 2. The van der Waals surface area contributed by atoms with E-state index in [1.807, 2.05) is 70.2 Å². The van der Waals surface area contributed by atoms with Crippen LogP contribution in [-0.2, 0) is 20.7 Å². The number of carbonyl (C=O) groups is 4. The number of amides is 4. The number of hydrogen-bond donors (Lipinski definition) is 5. The van der Waals surface area contributed by atoms with Crippen LogP contribution in [0.1, 0.15) is 93.6 Å². The number of rotatable bonds is 12. The highest BCUT2D eigenvalue weighted by Crippen LogP contribution is 2.35. The van der Waals surface area contributed by atoms with Gasteiger partial charge in [-0.25, -0.2) is 4.79 Å². The van der Waals surface area contributed by atoms with Crippen LogP contribution in [0.5, 0.6) is 0 Å². The molecule has 3 atom stereocenters. The lowest BCUT2D eigenvalue weighted by atomic mass is 9.81. The van der Waals surface area contributed by atoms with Crippen molar-refractivity contribution in [3.63, 3.8) is 0 Å². The van der Waals surface area contributed by atoms with Gasteiger partial charge in [0, 0.05) is 53.8 Å². The number of anilines is 1. The molecule has 5 N–H and O–H groups in total. The highest BCUT2D eigenvalue weighted by Gasteiger charge is 2.39. The van der Waals surface area contributed by atoms with Gasteiger partial charge in [-0.2, -0.15) is 5.21 Å². The molecule has 2 saturated heterocycles. The van der Waals surface area contributed by atoms with Gasteiger partial charge in [-0.15, -0.1) is 10.2 Å². The van der Waals surface area contributed by atoms with E-state index in [2.05, 4.69) is 53.8 Å². The fraction of sp³-hybridized carbons (Fsp3) is 0.489. The Balaban J connectivity index is 0.987. The quantitative estimate of drug-likeness (QED) is 0.111. The number of hydrogen-bond acceptors (Lipinski definition) is 9. The van der Waals surface area contributed by atoms with Crippen LogP contribution in [0.2, 0.25) is 0 Å². The molecule has 2 aliphatic heterocycles. The second-order valence-corrected chi connectivity index (χ2v) is 17.6. The Hall–Kier alpha value is -5.63. The molecule has 0 spiro atoms. The first kappa shape index (κ1) is 41.5. The number of aromatic amines is 1. The van der Waals surface area contributed by atoms with Gasteiger partial charge in [0.25, 0.3) is 5.91 Å². The monoisotopic (exact) mass is 803 g/mol. The van der Waals surface area contributed by atoms with Gasteiger partial charge >= 0.3 is 6.09 Å². The summed E-state index contributed by atoms with van der Waals surface area (Å²) in [6.07, 6.45) is 7.15. The van der Waals surface area contributed by atoms with Gasteiger partial charge in [0.2, 0.25) is 17.6 Å². The second kappa shape index (κ2) is 18.1. The molecule has 4 amide bonds. The van der Waals surface area contributed by atoms with E-state index in [0.717, 1.165) is 53.5 Å². The molecule has 1 aromatic heterocycles. The second-order valence-electron chi connectivity index (χ2n) is 17.6. The van der Waals surface area contributed by atoms with Crippen LogP contribution in [0.15, 0.2) is 66.7 Å². The van der Waals surface area contributed by atoms with E-state index >= 15 is 0 Å². The topological polar surface area (TPSA) is 183 Å². The number of nitrogens with zero attached hydrogens (tertiary/aromatic N) is 4. The van der Waals surface area contributed by atoms with Gasteiger partial charge in [-0.05, 0) is 156 Å². The molecule has 3 aromatic carbocycles.